The van der Waals surface area contributed by atoms with Crippen molar-refractivity contribution in [2.24, 2.45) is 0 Å². The number of halogens is 2. The molecule has 146 valence electrons. The van der Waals surface area contributed by atoms with Gasteiger partial charge in [-0.3, -0.25) is 4.98 Å². The van der Waals surface area contributed by atoms with E-state index in [2.05, 4.69) is 15.0 Å². The van der Waals surface area contributed by atoms with Crippen LogP contribution in [0.5, 0.6) is 0 Å². The maximum Gasteiger partial charge on any atom is 0.353 e. The molecule has 4 aromatic rings. The highest BCUT2D eigenvalue weighted by molar-refractivity contribution is 6.33. The fourth-order valence-electron chi connectivity index (χ4n) is 3.37. The second-order valence-corrected chi connectivity index (χ2v) is 7.51. The molecule has 0 radical (unpaired) electrons. The van der Waals surface area contributed by atoms with Crippen LogP contribution in [0.25, 0.3) is 28.0 Å². The van der Waals surface area contributed by atoms with Crippen LogP contribution in [0.1, 0.15) is 31.0 Å². The lowest BCUT2D eigenvalue weighted by molar-refractivity contribution is 0.631. The van der Waals surface area contributed by atoms with Crippen molar-refractivity contribution in [1.82, 2.24) is 19.5 Å². The standard InChI is InChI=1S/C22H18ClFN4O/c1-12(2)18-20(13(3)8-9-25-18)28-21-14(11-26-22(28)29)10-16(23)19(27-21)15-6-4-5-7-17(15)24/h4-12H,1-3H3. The van der Waals surface area contributed by atoms with E-state index in [0.717, 1.165) is 11.3 Å². The highest BCUT2D eigenvalue weighted by Gasteiger charge is 2.19. The number of fused-ring (bicyclic) bond motifs is 1. The largest absolute Gasteiger partial charge is 0.353 e. The molecular weight excluding hydrogens is 391 g/mol. The molecule has 0 aliphatic heterocycles. The molecule has 0 bridgehead atoms. The molecule has 0 saturated heterocycles. The van der Waals surface area contributed by atoms with Crippen molar-refractivity contribution in [2.45, 2.75) is 26.7 Å². The van der Waals surface area contributed by atoms with Crippen molar-refractivity contribution in [2.75, 3.05) is 0 Å². The number of rotatable bonds is 3. The van der Waals surface area contributed by atoms with Crippen LogP contribution in [0.4, 0.5) is 4.39 Å². The first kappa shape index (κ1) is 19.2. The van der Waals surface area contributed by atoms with E-state index in [9.17, 15) is 9.18 Å². The second-order valence-electron chi connectivity index (χ2n) is 7.10. The van der Waals surface area contributed by atoms with Gasteiger partial charge in [-0.2, -0.15) is 0 Å². The summed E-state index contributed by atoms with van der Waals surface area (Å²) in [6.45, 7) is 5.91. The zero-order chi connectivity index (χ0) is 20.7. The van der Waals surface area contributed by atoms with Gasteiger partial charge in [0.2, 0.25) is 0 Å². The Labute approximate surface area is 171 Å². The minimum atomic E-state index is -0.482. The van der Waals surface area contributed by atoms with Gasteiger partial charge in [-0.25, -0.2) is 23.7 Å². The van der Waals surface area contributed by atoms with Crippen LogP contribution in [0.2, 0.25) is 5.02 Å². The summed E-state index contributed by atoms with van der Waals surface area (Å²) in [6.07, 6.45) is 3.14. The second kappa shape index (κ2) is 7.37. The number of aryl methyl sites for hydroxylation is 1. The average molecular weight is 409 g/mol. The predicted octanol–water partition coefficient (Wildman–Crippen LogP) is 5.07. The third-order valence-corrected chi connectivity index (χ3v) is 5.04. The maximum atomic E-state index is 14.4. The zero-order valence-corrected chi connectivity index (χ0v) is 16.9. The van der Waals surface area contributed by atoms with Gasteiger partial charge in [0.1, 0.15) is 5.82 Å². The zero-order valence-electron chi connectivity index (χ0n) is 16.1. The van der Waals surface area contributed by atoms with Gasteiger partial charge >= 0.3 is 5.69 Å². The summed E-state index contributed by atoms with van der Waals surface area (Å²) in [6, 6.07) is 9.74. The van der Waals surface area contributed by atoms with E-state index in [1.165, 1.54) is 16.8 Å². The number of pyridine rings is 2. The smallest absolute Gasteiger partial charge is 0.259 e. The molecule has 0 fully saturated rings. The van der Waals surface area contributed by atoms with E-state index >= 15 is 0 Å². The number of aromatic nitrogens is 4. The number of nitrogens with zero attached hydrogens (tertiary/aromatic N) is 4. The molecular formula is C22H18ClFN4O. The fraction of sp³-hybridized carbons (Fsp3) is 0.182. The van der Waals surface area contributed by atoms with Crippen LogP contribution in [-0.2, 0) is 0 Å². The SMILES string of the molecule is Cc1ccnc(C(C)C)c1-n1c(=O)ncc2cc(Cl)c(-c3ccccc3F)nc21. The molecule has 3 heterocycles. The number of hydrogen-bond donors (Lipinski definition) is 0. The Morgan fingerprint density at radius 3 is 2.62 bits per heavy atom. The molecule has 4 rings (SSSR count). The monoisotopic (exact) mass is 408 g/mol. The highest BCUT2D eigenvalue weighted by atomic mass is 35.5. The van der Waals surface area contributed by atoms with Crippen molar-refractivity contribution in [3.8, 4) is 16.9 Å². The predicted molar refractivity (Wildman–Crippen MR) is 112 cm³/mol. The Bertz CT molecular complexity index is 1300. The molecule has 0 spiro atoms. The van der Waals surface area contributed by atoms with Gasteiger partial charge < -0.3 is 0 Å². The lowest BCUT2D eigenvalue weighted by atomic mass is 10.0. The van der Waals surface area contributed by atoms with Gasteiger partial charge in [-0.1, -0.05) is 37.6 Å². The summed E-state index contributed by atoms with van der Waals surface area (Å²) < 4.78 is 15.8. The normalized spacial score (nSPS) is 11.4. The molecule has 0 unspecified atom stereocenters. The first-order valence-electron chi connectivity index (χ1n) is 9.17. The lowest BCUT2D eigenvalue weighted by Crippen LogP contribution is -2.24. The Morgan fingerprint density at radius 1 is 1.14 bits per heavy atom. The van der Waals surface area contributed by atoms with Crippen molar-refractivity contribution in [3.05, 3.63) is 81.4 Å². The molecule has 29 heavy (non-hydrogen) atoms. The van der Waals surface area contributed by atoms with Crippen LogP contribution >= 0.6 is 11.6 Å². The minimum Gasteiger partial charge on any atom is -0.259 e. The van der Waals surface area contributed by atoms with Crippen molar-refractivity contribution in [1.29, 1.82) is 0 Å². The third kappa shape index (κ3) is 3.29. The van der Waals surface area contributed by atoms with Gasteiger partial charge in [0.05, 0.1) is 22.1 Å². The fourth-order valence-corrected chi connectivity index (χ4v) is 3.63. The van der Waals surface area contributed by atoms with E-state index in [4.69, 9.17) is 11.6 Å². The summed E-state index contributed by atoms with van der Waals surface area (Å²) in [5.41, 5.74) is 2.66. The van der Waals surface area contributed by atoms with Gasteiger partial charge in [0.15, 0.2) is 5.65 Å². The molecule has 0 atom stereocenters. The van der Waals surface area contributed by atoms with Gasteiger partial charge in [-0.15, -0.1) is 0 Å². The molecule has 0 N–H and O–H groups in total. The number of benzene rings is 1. The van der Waals surface area contributed by atoms with Crippen LogP contribution in [0.15, 0.2) is 53.6 Å². The van der Waals surface area contributed by atoms with Crippen LogP contribution in [0, 0.1) is 12.7 Å². The summed E-state index contributed by atoms with van der Waals surface area (Å²) in [7, 11) is 0. The van der Waals surface area contributed by atoms with Crippen molar-refractivity contribution in [3.63, 3.8) is 0 Å². The van der Waals surface area contributed by atoms with Crippen LogP contribution in [-0.4, -0.2) is 19.5 Å². The van der Waals surface area contributed by atoms with E-state index in [0.29, 0.717) is 16.7 Å². The lowest BCUT2D eigenvalue weighted by Gasteiger charge is -2.18. The van der Waals surface area contributed by atoms with Gasteiger partial charge in [0.25, 0.3) is 0 Å². The number of hydrogen-bond acceptors (Lipinski definition) is 4. The quantitative estimate of drug-likeness (QED) is 0.475. The Morgan fingerprint density at radius 2 is 1.90 bits per heavy atom. The first-order chi connectivity index (χ1) is 13.9. The molecule has 0 aliphatic rings. The molecule has 3 aromatic heterocycles. The molecule has 5 nitrogen and oxygen atoms in total. The van der Waals surface area contributed by atoms with E-state index < -0.39 is 11.5 Å². The van der Waals surface area contributed by atoms with Crippen molar-refractivity contribution >= 4 is 22.6 Å². The molecule has 0 amide bonds. The Balaban J connectivity index is 2.12. The van der Waals surface area contributed by atoms with Gasteiger partial charge in [-0.05, 0) is 42.7 Å². The third-order valence-electron chi connectivity index (χ3n) is 4.76. The first-order valence-corrected chi connectivity index (χ1v) is 9.55. The summed E-state index contributed by atoms with van der Waals surface area (Å²) in [4.78, 5) is 25.9. The highest BCUT2D eigenvalue weighted by Crippen LogP contribution is 2.32. The Kier molecular flexibility index (Phi) is 4.88. The van der Waals surface area contributed by atoms with E-state index in [1.54, 1.807) is 30.5 Å². The maximum absolute atomic E-state index is 14.4. The molecule has 0 aliphatic carbocycles. The van der Waals surface area contributed by atoms with Crippen LogP contribution in [0.3, 0.4) is 0 Å². The summed E-state index contributed by atoms with van der Waals surface area (Å²) >= 11 is 6.40. The van der Waals surface area contributed by atoms with Crippen LogP contribution < -0.4 is 5.69 Å². The molecule has 7 heteroatoms. The summed E-state index contributed by atoms with van der Waals surface area (Å²) in [5, 5.41) is 0.856. The topological polar surface area (TPSA) is 60.7 Å². The minimum absolute atomic E-state index is 0.0744. The summed E-state index contributed by atoms with van der Waals surface area (Å²) in [5.74, 6) is -0.366. The van der Waals surface area contributed by atoms with E-state index in [-0.39, 0.29) is 22.2 Å². The molecule has 0 saturated carbocycles. The Hall–Kier alpha value is -3.12. The van der Waals surface area contributed by atoms with Crippen molar-refractivity contribution < 1.29 is 4.39 Å². The molecule has 1 aromatic carbocycles. The average Bonchev–Trinajstić information content (AvgIpc) is 2.69. The van der Waals surface area contributed by atoms with Gasteiger partial charge in [0, 0.05) is 23.3 Å². The van der Waals surface area contributed by atoms with E-state index in [1.807, 2.05) is 26.8 Å².